The van der Waals surface area contributed by atoms with Crippen LogP contribution in [-0.2, 0) is 13.6 Å². The Hall–Kier alpha value is -3.34. The van der Waals surface area contributed by atoms with Gasteiger partial charge in [-0.05, 0) is 41.8 Å². The lowest BCUT2D eigenvalue weighted by molar-refractivity contribution is 0.712. The third kappa shape index (κ3) is 2.77. The molecule has 2 aromatic heterocycles. The molecule has 4 aromatic rings. The Morgan fingerprint density at radius 1 is 1.08 bits per heavy atom. The van der Waals surface area contributed by atoms with Crippen molar-refractivity contribution in [3.8, 4) is 11.1 Å². The molecule has 0 fully saturated rings. The van der Waals surface area contributed by atoms with Gasteiger partial charge in [-0.15, -0.1) is 0 Å². The number of nitrogen functional groups attached to an aromatic ring is 1. The molecule has 0 aliphatic heterocycles. The second-order valence-corrected chi connectivity index (χ2v) is 6.61. The van der Waals surface area contributed by atoms with Crippen molar-refractivity contribution >= 4 is 16.6 Å². The highest BCUT2D eigenvalue weighted by Crippen LogP contribution is 2.29. The first kappa shape index (κ1) is 16.1. The zero-order valence-electron chi connectivity index (χ0n) is 14.8. The van der Waals surface area contributed by atoms with Gasteiger partial charge in [0.15, 0.2) is 0 Å². The second kappa shape index (κ2) is 6.19. The summed E-state index contributed by atoms with van der Waals surface area (Å²) in [7, 11) is 1.76. The van der Waals surface area contributed by atoms with Crippen LogP contribution < -0.4 is 11.3 Å². The van der Waals surface area contributed by atoms with E-state index in [1.807, 2.05) is 54.3 Å². The molecule has 5 nitrogen and oxygen atoms in total. The van der Waals surface area contributed by atoms with Crippen molar-refractivity contribution in [3.63, 3.8) is 0 Å². The fourth-order valence-corrected chi connectivity index (χ4v) is 3.29. The van der Waals surface area contributed by atoms with E-state index in [-0.39, 0.29) is 5.56 Å². The molecule has 0 amide bonds. The predicted octanol–water partition coefficient (Wildman–Crippen LogP) is 3.34. The fraction of sp³-hybridized carbons (Fsp3) is 0.143. The number of fused-ring (bicyclic) bond motifs is 1. The molecular formula is C21H20N4O. The van der Waals surface area contributed by atoms with Gasteiger partial charge in [-0.1, -0.05) is 30.3 Å². The Kier molecular flexibility index (Phi) is 3.84. The maximum absolute atomic E-state index is 12.0. The van der Waals surface area contributed by atoms with Gasteiger partial charge in [0.2, 0.25) is 0 Å². The molecule has 0 aliphatic rings. The Balaban J connectivity index is 1.85. The first-order valence-electron chi connectivity index (χ1n) is 8.49. The summed E-state index contributed by atoms with van der Waals surface area (Å²) >= 11 is 0. The van der Waals surface area contributed by atoms with Crippen LogP contribution >= 0.6 is 0 Å². The van der Waals surface area contributed by atoms with E-state index in [1.165, 1.54) is 5.56 Å². The summed E-state index contributed by atoms with van der Waals surface area (Å²) in [5.41, 5.74) is 11.8. The molecule has 2 heterocycles. The van der Waals surface area contributed by atoms with Crippen molar-refractivity contribution in [3.05, 3.63) is 82.4 Å². The Labute approximate surface area is 151 Å². The van der Waals surface area contributed by atoms with Crippen molar-refractivity contribution < 1.29 is 0 Å². The van der Waals surface area contributed by atoms with Crippen LogP contribution in [0, 0.1) is 6.92 Å². The minimum absolute atomic E-state index is 0.0110. The number of anilines is 1. The number of aryl methyl sites for hydroxylation is 2. The van der Waals surface area contributed by atoms with Gasteiger partial charge in [0.1, 0.15) is 0 Å². The van der Waals surface area contributed by atoms with Crippen LogP contribution in [0.15, 0.2) is 65.7 Å². The van der Waals surface area contributed by atoms with Gasteiger partial charge in [0.25, 0.3) is 5.56 Å². The maximum Gasteiger partial charge on any atom is 0.253 e. The molecule has 0 unspecified atom stereocenters. The molecule has 2 N–H and O–H groups in total. The molecule has 26 heavy (non-hydrogen) atoms. The average Bonchev–Trinajstić information content (AvgIpc) is 3.03. The van der Waals surface area contributed by atoms with Crippen LogP contribution in [-0.4, -0.2) is 14.3 Å². The lowest BCUT2D eigenvalue weighted by atomic mass is 10.0. The summed E-state index contributed by atoms with van der Waals surface area (Å²) in [4.78, 5) is 12.0. The summed E-state index contributed by atoms with van der Waals surface area (Å²) in [6, 6.07) is 16.1. The first-order valence-corrected chi connectivity index (χ1v) is 8.49. The number of pyridine rings is 1. The van der Waals surface area contributed by atoms with E-state index < -0.39 is 0 Å². The largest absolute Gasteiger partial charge is 0.398 e. The summed E-state index contributed by atoms with van der Waals surface area (Å²) in [6.07, 6.45) is 3.65. The number of aromatic nitrogens is 3. The van der Waals surface area contributed by atoms with Gasteiger partial charge in [0.05, 0.1) is 18.3 Å². The highest BCUT2D eigenvalue weighted by molar-refractivity contribution is 5.94. The van der Waals surface area contributed by atoms with Gasteiger partial charge in [-0.3, -0.25) is 9.48 Å². The zero-order chi connectivity index (χ0) is 18.3. The molecule has 0 spiro atoms. The van der Waals surface area contributed by atoms with Crippen molar-refractivity contribution in [1.29, 1.82) is 0 Å². The lowest BCUT2D eigenvalue weighted by Crippen LogP contribution is -2.18. The first-order chi connectivity index (χ1) is 12.5. The van der Waals surface area contributed by atoms with E-state index >= 15 is 0 Å². The number of nitrogens with zero attached hydrogens (tertiary/aromatic N) is 3. The van der Waals surface area contributed by atoms with Crippen LogP contribution in [0.25, 0.3) is 22.0 Å². The summed E-state index contributed by atoms with van der Waals surface area (Å²) in [5.74, 6) is 0. The molecule has 0 aliphatic carbocycles. The standard InChI is InChI=1S/C21H20N4O/c1-14-8-17(13-24(2)21(14)26)16-9-19(22)18-11-23-25(20(18)10-16)12-15-6-4-3-5-7-15/h3-11,13H,12,22H2,1-2H3. The van der Waals surface area contributed by atoms with Crippen molar-refractivity contribution in [2.75, 3.05) is 5.73 Å². The number of benzene rings is 2. The molecule has 4 rings (SSSR count). The molecule has 0 saturated carbocycles. The Bertz CT molecular complexity index is 1130. The molecule has 2 aromatic carbocycles. The van der Waals surface area contributed by atoms with Crippen LogP contribution in [0.5, 0.6) is 0 Å². The van der Waals surface area contributed by atoms with Gasteiger partial charge in [0, 0.05) is 29.9 Å². The van der Waals surface area contributed by atoms with E-state index in [4.69, 9.17) is 5.73 Å². The quantitative estimate of drug-likeness (QED) is 0.580. The highest BCUT2D eigenvalue weighted by atomic mass is 16.1. The van der Waals surface area contributed by atoms with Crippen molar-refractivity contribution in [2.45, 2.75) is 13.5 Å². The van der Waals surface area contributed by atoms with E-state index in [0.717, 1.165) is 22.0 Å². The van der Waals surface area contributed by atoms with E-state index in [1.54, 1.807) is 11.6 Å². The van der Waals surface area contributed by atoms with Crippen LogP contribution in [0.1, 0.15) is 11.1 Å². The van der Waals surface area contributed by atoms with E-state index in [2.05, 4.69) is 23.3 Å². The van der Waals surface area contributed by atoms with Gasteiger partial charge < -0.3 is 10.3 Å². The third-order valence-electron chi connectivity index (χ3n) is 4.67. The number of hydrogen-bond donors (Lipinski definition) is 1. The Morgan fingerprint density at radius 3 is 2.58 bits per heavy atom. The second-order valence-electron chi connectivity index (χ2n) is 6.61. The highest BCUT2D eigenvalue weighted by Gasteiger charge is 2.11. The molecule has 0 bridgehead atoms. The maximum atomic E-state index is 12.0. The normalized spacial score (nSPS) is 11.2. The summed E-state index contributed by atoms with van der Waals surface area (Å²) in [5, 5.41) is 5.45. The minimum atomic E-state index is 0.0110. The number of hydrogen-bond acceptors (Lipinski definition) is 3. The van der Waals surface area contributed by atoms with Crippen molar-refractivity contribution in [1.82, 2.24) is 14.3 Å². The molecule has 5 heteroatoms. The van der Waals surface area contributed by atoms with Gasteiger partial charge in [-0.25, -0.2) is 0 Å². The van der Waals surface area contributed by atoms with Crippen molar-refractivity contribution in [2.24, 2.45) is 7.05 Å². The van der Waals surface area contributed by atoms with E-state index in [0.29, 0.717) is 17.8 Å². The van der Waals surface area contributed by atoms with Crippen LogP contribution in [0.3, 0.4) is 0 Å². The molecule has 0 atom stereocenters. The van der Waals surface area contributed by atoms with Crippen LogP contribution in [0.2, 0.25) is 0 Å². The number of rotatable bonds is 3. The smallest absolute Gasteiger partial charge is 0.253 e. The van der Waals surface area contributed by atoms with Gasteiger partial charge >= 0.3 is 0 Å². The monoisotopic (exact) mass is 344 g/mol. The molecule has 0 radical (unpaired) electrons. The van der Waals surface area contributed by atoms with E-state index in [9.17, 15) is 4.79 Å². The number of nitrogens with two attached hydrogens (primary N) is 1. The zero-order valence-corrected chi connectivity index (χ0v) is 14.8. The van der Waals surface area contributed by atoms with Crippen LogP contribution in [0.4, 0.5) is 5.69 Å². The fourth-order valence-electron chi connectivity index (χ4n) is 3.29. The summed E-state index contributed by atoms with van der Waals surface area (Å²) < 4.78 is 3.56. The average molecular weight is 344 g/mol. The molecule has 130 valence electrons. The third-order valence-corrected chi connectivity index (χ3v) is 4.67. The lowest BCUT2D eigenvalue weighted by Gasteiger charge is -2.10. The predicted molar refractivity (Wildman–Crippen MR) is 105 cm³/mol. The van der Waals surface area contributed by atoms with Gasteiger partial charge in [-0.2, -0.15) is 5.10 Å². The molecule has 0 saturated heterocycles. The minimum Gasteiger partial charge on any atom is -0.398 e. The topological polar surface area (TPSA) is 65.8 Å². The summed E-state index contributed by atoms with van der Waals surface area (Å²) in [6.45, 7) is 2.51. The molecular weight excluding hydrogens is 324 g/mol. The Morgan fingerprint density at radius 2 is 1.85 bits per heavy atom. The SMILES string of the molecule is Cc1cc(-c2cc(N)c3cnn(Cc4ccccc4)c3c2)cn(C)c1=O.